The van der Waals surface area contributed by atoms with Crippen molar-refractivity contribution in [3.63, 3.8) is 0 Å². The van der Waals surface area contributed by atoms with Gasteiger partial charge in [0.05, 0.1) is 11.4 Å². The van der Waals surface area contributed by atoms with Crippen LogP contribution in [0.25, 0.3) is 0 Å². The quantitative estimate of drug-likeness (QED) is 0.713. The van der Waals surface area contributed by atoms with Gasteiger partial charge in [0.2, 0.25) is 12.3 Å². The first-order valence-electron chi connectivity index (χ1n) is 4.22. The summed E-state index contributed by atoms with van der Waals surface area (Å²) in [4.78, 5) is 21.1. The van der Waals surface area contributed by atoms with Gasteiger partial charge in [-0.2, -0.15) is 0 Å². The zero-order valence-electron chi connectivity index (χ0n) is 8.13. The molecule has 14 heavy (non-hydrogen) atoms. The van der Waals surface area contributed by atoms with Gasteiger partial charge in [-0.15, -0.1) is 0 Å². The highest BCUT2D eigenvalue weighted by Gasteiger charge is 2.02. The van der Waals surface area contributed by atoms with Gasteiger partial charge in [-0.05, 0) is 24.6 Å². The van der Waals surface area contributed by atoms with Gasteiger partial charge in [-0.25, -0.2) is 0 Å². The molecule has 0 atom stereocenters. The lowest BCUT2D eigenvalue weighted by molar-refractivity contribution is -0.114. The van der Waals surface area contributed by atoms with Crippen LogP contribution in [-0.4, -0.2) is 12.3 Å². The standard InChI is InChI=1S/C10H12N2O2/c1-7-3-4-9(11-6-13)10(5-7)12-8(2)14/h3-6H,1-2H3,(H,11,13)(H,12,14). The van der Waals surface area contributed by atoms with Crippen LogP contribution >= 0.6 is 0 Å². The van der Waals surface area contributed by atoms with Gasteiger partial charge in [-0.1, -0.05) is 6.07 Å². The van der Waals surface area contributed by atoms with Crippen molar-refractivity contribution >= 4 is 23.7 Å². The number of carbonyl (C=O) groups is 2. The maximum Gasteiger partial charge on any atom is 0.221 e. The Morgan fingerprint density at radius 3 is 2.64 bits per heavy atom. The molecule has 4 nitrogen and oxygen atoms in total. The molecule has 0 aliphatic carbocycles. The first kappa shape index (κ1) is 10.2. The number of hydrogen-bond donors (Lipinski definition) is 2. The third kappa shape index (κ3) is 2.58. The van der Waals surface area contributed by atoms with Crippen molar-refractivity contribution in [2.75, 3.05) is 10.6 Å². The van der Waals surface area contributed by atoms with E-state index in [0.717, 1.165) is 5.56 Å². The van der Waals surface area contributed by atoms with Crippen molar-refractivity contribution in [3.05, 3.63) is 23.8 Å². The highest BCUT2D eigenvalue weighted by Crippen LogP contribution is 2.22. The van der Waals surface area contributed by atoms with Crippen LogP contribution in [0.3, 0.4) is 0 Å². The van der Waals surface area contributed by atoms with E-state index < -0.39 is 0 Å². The van der Waals surface area contributed by atoms with Gasteiger partial charge in [-0.3, -0.25) is 9.59 Å². The largest absolute Gasteiger partial charge is 0.327 e. The van der Waals surface area contributed by atoms with Crippen molar-refractivity contribution < 1.29 is 9.59 Å². The van der Waals surface area contributed by atoms with Crippen LogP contribution < -0.4 is 10.6 Å². The molecule has 0 fully saturated rings. The average molecular weight is 192 g/mol. The van der Waals surface area contributed by atoms with Crippen LogP contribution in [0.5, 0.6) is 0 Å². The molecule has 0 aliphatic heterocycles. The van der Waals surface area contributed by atoms with Crippen LogP contribution in [0, 0.1) is 6.92 Å². The minimum absolute atomic E-state index is 0.162. The summed E-state index contributed by atoms with van der Waals surface area (Å²) in [6.07, 6.45) is 0.579. The molecule has 0 radical (unpaired) electrons. The lowest BCUT2D eigenvalue weighted by atomic mass is 10.2. The summed E-state index contributed by atoms with van der Waals surface area (Å²) in [5.41, 5.74) is 2.23. The van der Waals surface area contributed by atoms with Gasteiger partial charge in [0, 0.05) is 6.92 Å². The third-order valence-electron chi connectivity index (χ3n) is 1.70. The van der Waals surface area contributed by atoms with E-state index in [4.69, 9.17) is 0 Å². The van der Waals surface area contributed by atoms with E-state index in [1.165, 1.54) is 6.92 Å². The predicted molar refractivity (Wildman–Crippen MR) is 55.2 cm³/mol. The number of aryl methyl sites for hydroxylation is 1. The van der Waals surface area contributed by atoms with Crippen LogP contribution in [0.4, 0.5) is 11.4 Å². The summed E-state index contributed by atoms with van der Waals surface area (Å²) in [6, 6.07) is 5.40. The highest BCUT2D eigenvalue weighted by molar-refractivity contribution is 5.94. The molecule has 0 saturated carbocycles. The van der Waals surface area contributed by atoms with Gasteiger partial charge < -0.3 is 10.6 Å². The van der Waals surface area contributed by atoms with Crippen LogP contribution in [0.15, 0.2) is 18.2 Å². The zero-order chi connectivity index (χ0) is 10.6. The first-order valence-corrected chi connectivity index (χ1v) is 4.22. The van der Waals surface area contributed by atoms with E-state index in [-0.39, 0.29) is 5.91 Å². The molecule has 0 heterocycles. The molecule has 1 aromatic carbocycles. The van der Waals surface area contributed by atoms with E-state index in [2.05, 4.69) is 10.6 Å². The Morgan fingerprint density at radius 1 is 1.36 bits per heavy atom. The highest BCUT2D eigenvalue weighted by atomic mass is 16.1. The topological polar surface area (TPSA) is 58.2 Å². The first-order chi connectivity index (χ1) is 6.63. The molecule has 0 unspecified atom stereocenters. The molecule has 1 aromatic rings. The second-order valence-electron chi connectivity index (χ2n) is 2.99. The number of nitrogens with one attached hydrogen (secondary N) is 2. The Hall–Kier alpha value is -1.84. The lowest BCUT2D eigenvalue weighted by Crippen LogP contribution is -2.08. The van der Waals surface area contributed by atoms with Crippen LogP contribution in [-0.2, 0) is 9.59 Å². The normalized spacial score (nSPS) is 9.29. The van der Waals surface area contributed by atoms with Gasteiger partial charge in [0.25, 0.3) is 0 Å². The summed E-state index contributed by atoms with van der Waals surface area (Å²) in [5.74, 6) is -0.162. The SMILES string of the molecule is CC(=O)Nc1cc(C)ccc1NC=O. The second-order valence-corrected chi connectivity index (χ2v) is 2.99. The summed E-state index contributed by atoms with van der Waals surface area (Å²) in [5, 5.41) is 5.15. The molecule has 2 amide bonds. The molecule has 0 saturated heterocycles. The van der Waals surface area contributed by atoms with E-state index in [1.54, 1.807) is 12.1 Å². The van der Waals surface area contributed by atoms with Crippen molar-refractivity contribution in [3.8, 4) is 0 Å². The number of hydrogen-bond acceptors (Lipinski definition) is 2. The van der Waals surface area contributed by atoms with Crippen molar-refractivity contribution in [1.29, 1.82) is 0 Å². The van der Waals surface area contributed by atoms with Crippen LogP contribution in [0.2, 0.25) is 0 Å². The summed E-state index contributed by atoms with van der Waals surface area (Å²) >= 11 is 0. The van der Waals surface area contributed by atoms with Crippen molar-refractivity contribution in [1.82, 2.24) is 0 Å². The number of benzene rings is 1. The molecule has 0 aliphatic rings. The fraction of sp³-hybridized carbons (Fsp3) is 0.200. The third-order valence-corrected chi connectivity index (χ3v) is 1.70. The van der Waals surface area contributed by atoms with Crippen LogP contribution in [0.1, 0.15) is 12.5 Å². The fourth-order valence-electron chi connectivity index (χ4n) is 1.14. The smallest absolute Gasteiger partial charge is 0.221 e. The Kier molecular flexibility index (Phi) is 3.23. The summed E-state index contributed by atoms with van der Waals surface area (Å²) in [6.45, 7) is 3.34. The molecule has 0 bridgehead atoms. The van der Waals surface area contributed by atoms with Gasteiger partial charge in [0.15, 0.2) is 0 Å². The predicted octanol–water partition coefficient (Wildman–Crippen LogP) is 1.52. The molecular formula is C10H12N2O2. The molecule has 0 aromatic heterocycles. The Bertz CT molecular complexity index is 361. The number of carbonyl (C=O) groups excluding carboxylic acids is 2. The summed E-state index contributed by atoms with van der Waals surface area (Å²) < 4.78 is 0. The van der Waals surface area contributed by atoms with E-state index in [0.29, 0.717) is 17.8 Å². The average Bonchev–Trinajstić information content (AvgIpc) is 2.09. The molecule has 1 rings (SSSR count). The number of amides is 2. The van der Waals surface area contributed by atoms with Gasteiger partial charge in [0.1, 0.15) is 0 Å². The monoisotopic (exact) mass is 192 g/mol. The molecule has 0 spiro atoms. The molecule has 2 N–H and O–H groups in total. The molecule has 4 heteroatoms. The number of anilines is 2. The van der Waals surface area contributed by atoms with E-state index >= 15 is 0 Å². The van der Waals surface area contributed by atoms with E-state index in [9.17, 15) is 9.59 Å². The maximum atomic E-state index is 10.9. The molecular weight excluding hydrogens is 180 g/mol. The Morgan fingerprint density at radius 2 is 2.07 bits per heavy atom. The molecule has 74 valence electrons. The minimum Gasteiger partial charge on any atom is -0.327 e. The van der Waals surface area contributed by atoms with E-state index in [1.807, 2.05) is 13.0 Å². The summed E-state index contributed by atoms with van der Waals surface area (Å²) in [7, 11) is 0. The van der Waals surface area contributed by atoms with Gasteiger partial charge >= 0.3 is 0 Å². The van der Waals surface area contributed by atoms with Crippen molar-refractivity contribution in [2.45, 2.75) is 13.8 Å². The maximum absolute atomic E-state index is 10.9. The fourth-order valence-corrected chi connectivity index (χ4v) is 1.14. The zero-order valence-corrected chi connectivity index (χ0v) is 8.13. The Labute approximate surface area is 82.3 Å². The minimum atomic E-state index is -0.162. The lowest BCUT2D eigenvalue weighted by Gasteiger charge is -2.09. The number of rotatable bonds is 3. The van der Waals surface area contributed by atoms with Crippen molar-refractivity contribution in [2.24, 2.45) is 0 Å². The Balaban J connectivity index is 3.01. The second kappa shape index (κ2) is 4.41.